The zero-order chi connectivity index (χ0) is 23.3. The van der Waals surface area contributed by atoms with Gasteiger partial charge in [-0.3, -0.25) is 4.79 Å². The Morgan fingerprint density at radius 2 is 1.70 bits per heavy atom. The topological polar surface area (TPSA) is 59.3 Å². The molecule has 4 aromatic rings. The molecule has 0 saturated heterocycles. The number of thioether (sulfide) groups is 1. The molecule has 0 atom stereocenters. The molecule has 1 aromatic heterocycles. The Morgan fingerprint density at radius 3 is 2.42 bits per heavy atom. The van der Waals surface area contributed by atoms with Crippen LogP contribution < -0.4 is 5.43 Å². The quantitative estimate of drug-likeness (QED) is 0.226. The van der Waals surface area contributed by atoms with E-state index in [1.807, 2.05) is 54.6 Å². The standard InChI is InChI=1S/C24H19F3N4OS/c25-24(26,27)19-12-10-17(11-13-19)14-28-30-22(32)16-33-23-29-20-8-4-5-9-21(20)31(23)15-18-6-2-1-3-7-18/h1-14H,15-16H2,(H,30,32). The van der Waals surface area contributed by atoms with E-state index < -0.39 is 11.7 Å². The van der Waals surface area contributed by atoms with Crippen LogP contribution in [0.4, 0.5) is 13.2 Å². The van der Waals surface area contributed by atoms with Gasteiger partial charge in [0.2, 0.25) is 0 Å². The van der Waals surface area contributed by atoms with Crippen molar-refractivity contribution < 1.29 is 18.0 Å². The van der Waals surface area contributed by atoms with Crippen LogP contribution in [0.2, 0.25) is 0 Å². The van der Waals surface area contributed by atoms with E-state index in [2.05, 4.69) is 20.1 Å². The molecule has 0 aliphatic carbocycles. The second kappa shape index (κ2) is 9.91. The van der Waals surface area contributed by atoms with Gasteiger partial charge in [0.15, 0.2) is 5.16 Å². The zero-order valence-electron chi connectivity index (χ0n) is 17.3. The second-order valence-electron chi connectivity index (χ2n) is 7.16. The molecule has 1 N–H and O–H groups in total. The summed E-state index contributed by atoms with van der Waals surface area (Å²) in [5, 5.41) is 4.54. The van der Waals surface area contributed by atoms with E-state index in [-0.39, 0.29) is 11.7 Å². The number of nitrogens with zero attached hydrogens (tertiary/aromatic N) is 3. The molecule has 5 nitrogen and oxygen atoms in total. The van der Waals surface area contributed by atoms with Crippen LogP contribution in [0.1, 0.15) is 16.7 Å². The summed E-state index contributed by atoms with van der Waals surface area (Å²) >= 11 is 1.29. The smallest absolute Gasteiger partial charge is 0.314 e. The van der Waals surface area contributed by atoms with Gasteiger partial charge < -0.3 is 4.57 Å². The molecule has 0 radical (unpaired) electrons. The Hall–Kier alpha value is -3.59. The predicted molar refractivity (Wildman–Crippen MR) is 123 cm³/mol. The number of imidazole rings is 1. The minimum Gasteiger partial charge on any atom is -0.314 e. The first-order valence-electron chi connectivity index (χ1n) is 10.0. The number of hydrazone groups is 1. The number of carbonyl (C=O) groups excluding carboxylic acids is 1. The van der Waals surface area contributed by atoms with Crippen molar-refractivity contribution in [1.29, 1.82) is 0 Å². The number of hydrogen-bond acceptors (Lipinski definition) is 4. The molecule has 1 amide bonds. The third kappa shape index (κ3) is 5.81. The highest BCUT2D eigenvalue weighted by Gasteiger charge is 2.29. The summed E-state index contributed by atoms with van der Waals surface area (Å²) in [7, 11) is 0. The van der Waals surface area contributed by atoms with Gasteiger partial charge in [-0.1, -0.05) is 66.4 Å². The lowest BCUT2D eigenvalue weighted by Crippen LogP contribution is -2.20. The van der Waals surface area contributed by atoms with Crippen LogP contribution in [0.3, 0.4) is 0 Å². The number of fused-ring (bicyclic) bond motifs is 1. The third-order valence-electron chi connectivity index (χ3n) is 4.78. The van der Waals surface area contributed by atoms with Crippen LogP contribution in [0, 0.1) is 0 Å². The van der Waals surface area contributed by atoms with E-state index >= 15 is 0 Å². The number of alkyl halides is 3. The molecular formula is C24H19F3N4OS. The fraction of sp³-hybridized carbons (Fsp3) is 0.125. The summed E-state index contributed by atoms with van der Waals surface area (Å²) in [5.74, 6) is -0.260. The Labute approximate surface area is 192 Å². The first-order valence-corrected chi connectivity index (χ1v) is 11.0. The average molecular weight is 469 g/mol. The van der Waals surface area contributed by atoms with Gasteiger partial charge in [-0.05, 0) is 35.4 Å². The van der Waals surface area contributed by atoms with E-state index in [9.17, 15) is 18.0 Å². The van der Waals surface area contributed by atoms with Gasteiger partial charge in [0.25, 0.3) is 5.91 Å². The molecule has 0 bridgehead atoms. The van der Waals surface area contributed by atoms with Gasteiger partial charge in [-0.15, -0.1) is 0 Å². The Balaban J connectivity index is 1.39. The molecule has 4 rings (SSSR count). The highest BCUT2D eigenvalue weighted by atomic mass is 32.2. The minimum atomic E-state index is -4.39. The van der Waals surface area contributed by atoms with Crippen LogP contribution in [-0.2, 0) is 17.5 Å². The van der Waals surface area contributed by atoms with E-state index in [1.54, 1.807) is 0 Å². The largest absolute Gasteiger partial charge is 0.416 e. The summed E-state index contributed by atoms with van der Waals surface area (Å²) in [6.07, 6.45) is -3.09. The molecule has 3 aromatic carbocycles. The second-order valence-corrected chi connectivity index (χ2v) is 8.10. The number of hydrogen-bond donors (Lipinski definition) is 1. The molecule has 9 heteroatoms. The lowest BCUT2D eigenvalue weighted by molar-refractivity contribution is -0.137. The molecule has 0 unspecified atom stereocenters. The first kappa shape index (κ1) is 22.6. The number of aromatic nitrogens is 2. The van der Waals surface area contributed by atoms with Gasteiger partial charge in [-0.25, -0.2) is 10.4 Å². The maximum absolute atomic E-state index is 12.6. The van der Waals surface area contributed by atoms with Crippen LogP contribution in [0.25, 0.3) is 11.0 Å². The summed E-state index contributed by atoms with van der Waals surface area (Å²) in [5.41, 5.74) is 5.05. The predicted octanol–water partition coefficient (Wildman–Crippen LogP) is 5.35. The molecular weight excluding hydrogens is 449 g/mol. The fourth-order valence-corrected chi connectivity index (χ4v) is 3.99. The summed E-state index contributed by atoms with van der Waals surface area (Å²) < 4.78 is 39.9. The maximum Gasteiger partial charge on any atom is 0.416 e. The number of nitrogens with one attached hydrogen (secondary N) is 1. The van der Waals surface area contributed by atoms with E-state index in [0.717, 1.165) is 28.7 Å². The number of amides is 1. The monoisotopic (exact) mass is 468 g/mol. The molecule has 0 aliphatic heterocycles. The number of benzene rings is 3. The Morgan fingerprint density at radius 1 is 1.00 bits per heavy atom. The van der Waals surface area contributed by atoms with Gasteiger partial charge in [-0.2, -0.15) is 18.3 Å². The first-order chi connectivity index (χ1) is 15.9. The molecule has 0 aliphatic rings. The SMILES string of the molecule is O=C(CSc1nc2ccccc2n1Cc1ccccc1)NN=Cc1ccc(C(F)(F)F)cc1. The van der Waals surface area contributed by atoms with Gasteiger partial charge in [0, 0.05) is 0 Å². The lowest BCUT2D eigenvalue weighted by atomic mass is 10.1. The highest BCUT2D eigenvalue weighted by molar-refractivity contribution is 7.99. The van der Waals surface area contributed by atoms with Gasteiger partial charge in [0.05, 0.1) is 35.1 Å². The summed E-state index contributed by atoms with van der Waals surface area (Å²) in [6.45, 7) is 0.622. The van der Waals surface area contributed by atoms with Crippen LogP contribution in [0.5, 0.6) is 0 Å². The van der Waals surface area contributed by atoms with Crippen molar-refractivity contribution >= 4 is 34.9 Å². The summed E-state index contributed by atoms with van der Waals surface area (Å²) in [6, 6.07) is 22.3. The maximum atomic E-state index is 12.6. The molecule has 33 heavy (non-hydrogen) atoms. The normalized spacial score (nSPS) is 11.8. The average Bonchev–Trinajstić information content (AvgIpc) is 3.15. The number of para-hydroxylation sites is 2. The molecule has 168 valence electrons. The van der Waals surface area contributed by atoms with Gasteiger partial charge >= 0.3 is 6.18 Å². The number of halogens is 3. The van der Waals surface area contributed by atoms with Crippen LogP contribution in [0.15, 0.2) is 89.1 Å². The van der Waals surface area contributed by atoms with Crippen molar-refractivity contribution in [2.24, 2.45) is 5.10 Å². The molecule has 0 spiro atoms. The molecule has 0 fully saturated rings. The molecule has 1 heterocycles. The van der Waals surface area contributed by atoms with Crippen molar-refractivity contribution in [3.63, 3.8) is 0 Å². The Kier molecular flexibility index (Phi) is 6.79. The van der Waals surface area contributed by atoms with Crippen molar-refractivity contribution in [1.82, 2.24) is 15.0 Å². The zero-order valence-corrected chi connectivity index (χ0v) is 18.1. The summed E-state index contributed by atoms with van der Waals surface area (Å²) in [4.78, 5) is 16.9. The van der Waals surface area contributed by atoms with Crippen LogP contribution >= 0.6 is 11.8 Å². The van der Waals surface area contributed by atoms with Crippen molar-refractivity contribution in [2.75, 3.05) is 5.75 Å². The van der Waals surface area contributed by atoms with E-state index in [4.69, 9.17) is 0 Å². The van der Waals surface area contributed by atoms with Crippen molar-refractivity contribution in [3.05, 3.63) is 95.6 Å². The van der Waals surface area contributed by atoms with Gasteiger partial charge in [0.1, 0.15) is 0 Å². The molecule has 0 saturated carbocycles. The van der Waals surface area contributed by atoms with Crippen molar-refractivity contribution in [3.8, 4) is 0 Å². The lowest BCUT2D eigenvalue weighted by Gasteiger charge is -2.09. The Bertz CT molecular complexity index is 1270. The van der Waals surface area contributed by atoms with Crippen molar-refractivity contribution in [2.45, 2.75) is 17.9 Å². The fourth-order valence-electron chi connectivity index (χ4n) is 3.18. The van der Waals surface area contributed by atoms with Crippen LogP contribution in [-0.4, -0.2) is 27.4 Å². The number of carbonyl (C=O) groups is 1. The van der Waals surface area contributed by atoms with E-state index in [1.165, 1.54) is 30.1 Å². The highest BCUT2D eigenvalue weighted by Crippen LogP contribution is 2.29. The number of rotatable bonds is 7. The van der Waals surface area contributed by atoms with E-state index in [0.29, 0.717) is 17.3 Å². The third-order valence-corrected chi connectivity index (χ3v) is 5.75. The minimum absolute atomic E-state index is 0.0858.